The Balaban J connectivity index is 2.14. The molecule has 0 spiro atoms. The van der Waals surface area contributed by atoms with Crippen LogP contribution in [0.5, 0.6) is 0 Å². The van der Waals surface area contributed by atoms with Crippen LogP contribution in [0.2, 0.25) is 0 Å². The summed E-state index contributed by atoms with van der Waals surface area (Å²) in [6.45, 7) is 10.7. The maximum Gasteiger partial charge on any atom is 0.327 e. The predicted octanol–water partition coefficient (Wildman–Crippen LogP) is 4.62. The van der Waals surface area contributed by atoms with Crippen molar-refractivity contribution in [2.24, 2.45) is 5.92 Å². The largest absolute Gasteiger partial charge is 0.371 e. The first kappa shape index (κ1) is 17.7. The van der Waals surface area contributed by atoms with Crippen molar-refractivity contribution < 1.29 is 9.90 Å². The van der Waals surface area contributed by atoms with E-state index in [0.717, 1.165) is 16.5 Å². The van der Waals surface area contributed by atoms with E-state index in [2.05, 4.69) is 13.8 Å². The molecule has 2 amide bonds. The molecular weight excluding hydrogens is 312 g/mol. The second-order valence-electron chi connectivity index (χ2n) is 8.33. The highest BCUT2D eigenvalue weighted by atomic mass is 16.3. The van der Waals surface area contributed by atoms with Crippen LogP contribution in [0.25, 0.3) is 10.8 Å². The lowest BCUT2D eigenvalue weighted by molar-refractivity contribution is -0.0278. The fraction of sp³-hybridized carbons (Fsp3) is 0.476. The monoisotopic (exact) mass is 340 g/mol. The van der Waals surface area contributed by atoms with Crippen molar-refractivity contribution >= 4 is 22.5 Å². The smallest absolute Gasteiger partial charge is 0.327 e. The van der Waals surface area contributed by atoms with Gasteiger partial charge in [0.05, 0.1) is 5.69 Å². The van der Waals surface area contributed by atoms with Gasteiger partial charge in [-0.2, -0.15) is 0 Å². The van der Waals surface area contributed by atoms with Crippen LogP contribution in [0.3, 0.4) is 0 Å². The molecule has 2 aromatic rings. The third-order valence-electron chi connectivity index (χ3n) is 4.96. The number of nitrogens with zero attached hydrogens (tertiary/aromatic N) is 2. The first-order valence-electron chi connectivity index (χ1n) is 8.95. The third-order valence-corrected chi connectivity index (χ3v) is 4.96. The van der Waals surface area contributed by atoms with Crippen molar-refractivity contribution in [3.05, 3.63) is 42.5 Å². The minimum atomic E-state index is -1.24. The molecule has 0 saturated carbocycles. The number of anilines is 1. The number of carbonyl (C=O) groups is 1. The van der Waals surface area contributed by atoms with Crippen LogP contribution in [-0.4, -0.2) is 33.8 Å². The summed E-state index contributed by atoms with van der Waals surface area (Å²) < 4.78 is 0. The molecule has 1 N–H and O–H groups in total. The van der Waals surface area contributed by atoms with Gasteiger partial charge < -0.3 is 10.0 Å². The number of aliphatic hydroxyl groups is 1. The normalized spacial score (nSPS) is 23.6. The molecule has 3 rings (SSSR count). The van der Waals surface area contributed by atoms with Crippen LogP contribution < -0.4 is 4.90 Å². The Morgan fingerprint density at radius 2 is 1.72 bits per heavy atom. The highest BCUT2D eigenvalue weighted by molar-refractivity contribution is 6.04. The SMILES string of the molecule is CC(C)CN1C(=O)N(c2cccc3ccccc23)C(C)(O)CC1(C)C. The van der Waals surface area contributed by atoms with Gasteiger partial charge in [0.1, 0.15) is 5.72 Å². The summed E-state index contributed by atoms with van der Waals surface area (Å²) in [6.07, 6.45) is 0.488. The molecule has 0 aromatic heterocycles. The summed E-state index contributed by atoms with van der Waals surface area (Å²) in [4.78, 5) is 16.9. The average Bonchev–Trinajstić information content (AvgIpc) is 2.50. The summed E-state index contributed by atoms with van der Waals surface area (Å²) in [5.41, 5.74) is -0.873. The van der Waals surface area contributed by atoms with Crippen molar-refractivity contribution in [3.8, 4) is 0 Å². The van der Waals surface area contributed by atoms with Gasteiger partial charge in [0.2, 0.25) is 0 Å². The molecule has 0 radical (unpaired) electrons. The van der Waals surface area contributed by atoms with Crippen LogP contribution in [0.4, 0.5) is 10.5 Å². The molecule has 25 heavy (non-hydrogen) atoms. The van der Waals surface area contributed by atoms with E-state index in [1.54, 1.807) is 11.8 Å². The third kappa shape index (κ3) is 3.11. The fourth-order valence-corrected chi connectivity index (χ4v) is 4.04. The molecule has 1 aliphatic heterocycles. The molecule has 4 heteroatoms. The van der Waals surface area contributed by atoms with Crippen LogP contribution in [0.1, 0.15) is 41.0 Å². The van der Waals surface area contributed by atoms with Crippen LogP contribution in [0, 0.1) is 5.92 Å². The Labute approximate surface area is 150 Å². The van der Waals surface area contributed by atoms with E-state index < -0.39 is 11.3 Å². The zero-order valence-electron chi connectivity index (χ0n) is 15.8. The molecule has 1 heterocycles. The molecule has 0 aliphatic carbocycles. The Morgan fingerprint density at radius 3 is 2.40 bits per heavy atom. The molecule has 0 bridgehead atoms. The second-order valence-corrected chi connectivity index (χ2v) is 8.33. The van der Waals surface area contributed by atoms with Gasteiger partial charge in [-0.05, 0) is 38.1 Å². The highest BCUT2D eigenvalue weighted by Crippen LogP contribution is 2.41. The molecule has 1 unspecified atom stereocenters. The van der Waals surface area contributed by atoms with E-state index in [4.69, 9.17) is 0 Å². The van der Waals surface area contributed by atoms with Crippen LogP contribution in [0.15, 0.2) is 42.5 Å². The predicted molar refractivity (Wildman–Crippen MR) is 103 cm³/mol. The van der Waals surface area contributed by atoms with E-state index in [9.17, 15) is 9.90 Å². The van der Waals surface area contributed by atoms with Crippen molar-refractivity contribution in [1.29, 1.82) is 0 Å². The number of urea groups is 1. The van der Waals surface area contributed by atoms with E-state index >= 15 is 0 Å². The maximum atomic E-state index is 13.4. The molecule has 1 atom stereocenters. The molecule has 134 valence electrons. The minimum absolute atomic E-state index is 0.133. The van der Waals surface area contributed by atoms with Gasteiger partial charge in [0.15, 0.2) is 0 Å². The fourth-order valence-electron chi connectivity index (χ4n) is 4.04. The van der Waals surface area contributed by atoms with E-state index in [-0.39, 0.29) is 6.03 Å². The van der Waals surface area contributed by atoms with Gasteiger partial charge in [-0.3, -0.25) is 4.90 Å². The Hall–Kier alpha value is -2.07. The zero-order chi connectivity index (χ0) is 18.4. The van der Waals surface area contributed by atoms with Crippen LogP contribution in [-0.2, 0) is 0 Å². The lowest BCUT2D eigenvalue weighted by atomic mass is 9.86. The van der Waals surface area contributed by atoms with E-state index in [0.29, 0.717) is 18.9 Å². The topological polar surface area (TPSA) is 43.8 Å². The van der Waals surface area contributed by atoms with E-state index in [1.807, 2.05) is 61.2 Å². The number of hydrogen-bond acceptors (Lipinski definition) is 2. The quantitative estimate of drug-likeness (QED) is 0.886. The summed E-state index contributed by atoms with van der Waals surface area (Å²) in [7, 11) is 0. The Kier molecular flexibility index (Phi) is 4.28. The van der Waals surface area contributed by atoms with Crippen molar-refractivity contribution in [2.75, 3.05) is 11.4 Å². The van der Waals surface area contributed by atoms with Gasteiger partial charge in [0.25, 0.3) is 0 Å². The molecule has 4 nitrogen and oxygen atoms in total. The average molecular weight is 340 g/mol. The standard InChI is InChI=1S/C21H28N2O2/c1-15(2)13-22-19(24)23(21(5,25)14-20(22,3)4)18-12-8-10-16-9-6-7-11-17(16)18/h6-12,15,25H,13-14H2,1-5H3. The number of rotatable bonds is 3. The zero-order valence-corrected chi connectivity index (χ0v) is 15.8. The number of fused-ring (bicyclic) bond motifs is 1. The molecule has 1 fully saturated rings. The summed E-state index contributed by atoms with van der Waals surface area (Å²) in [5.74, 6) is 0.362. The molecule has 2 aromatic carbocycles. The van der Waals surface area contributed by atoms with E-state index in [1.165, 1.54) is 0 Å². The summed E-state index contributed by atoms with van der Waals surface area (Å²) in [5, 5.41) is 13.2. The molecule has 1 saturated heterocycles. The highest BCUT2D eigenvalue weighted by Gasteiger charge is 2.50. The summed E-state index contributed by atoms with van der Waals surface area (Å²) in [6, 6.07) is 13.7. The number of hydrogen-bond donors (Lipinski definition) is 1. The van der Waals surface area contributed by atoms with Crippen LogP contribution >= 0.6 is 0 Å². The van der Waals surface area contributed by atoms with Gasteiger partial charge in [-0.15, -0.1) is 0 Å². The molecular formula is C21H28N2O2. The minimum Gasteiger partial charge on any atom is -0.371 e. The Bertz CT molecular complexity index is 790. The first-order chi connectivity index (χ1) is 11.6. The number of carbonyl (C=O) groups excluding carboxylic acids is 1. The maximum absolute atomic E-state index is 13.4. The van der Waals surface area contributed by atoms with Crippen molar-refractivity contribution in [3.63, 3.8) is 0 Å². The number of amides is 2. The van der Waals surface area contributed by atoms with Gasteiger partial charge in [0, 0.05) is 23.9 Å². The Morgan fingerprint density at radius 1 is 1.08 bits per heavy atom. The lowest BCUT2D eigenvalue weighted by Gasteiger charge is -2.54. The van der Waals surface area contributed by atoms with Crippen molar-refractivity contribution in [2.45, 2.75) is 52.3 Å². The summed E-state index contributed by atoms with van der Waals surface area (Å²) >= 11 is 0. The molecule has 1 aliphatic rings. The second kappa shape index (κ2) is 6.03. The van der Waals surface area contributed by atoms with Gasteiger partial charge in [-0.25, -0.2) is 4.79 Å². The first-order valence-corrected chi connectivity index (χ1v) is 8.95. The van der Waals surface area contributed by atoms with Crippen molar-refractivity contribution in [1.82, 2.24) is 4.90 Å². The number of benzene rings is 2. The van der Waals surface area contributed by atoms with Gasteiger partial charge in [-0.1, -0.05) is 50.2 Å². The lowest BCUT2D eigenvalue weighted by Crippen LogP contribution is -2.68. The van der Waals surface area contributed by atoms with Gasteiger partial charge >= 0.3 is 6.03 Å².